The monoisotopic (exact) mass is 1300 g/mol. The van der Waals surface area contributed by atoms with Crippen LogP contribution in [0.3, 0.4) is 0 Å². The van der Waals surface area contributed by atoms with Crippen molar-refractivity contribution in [3.63, 3.8) is 0 Å². The lowest BCUT2D eigenvalue weighted by molar-refractivity contribution is -0.271. The fourth-order valence-corrected chi connectivity index (χ4v) is 10.4. The number of alkyl carbamates (subject to hydrolysis) is 1. The minimum absolute atomic E-state index is 0.00145. The molecule has 2 fully saturated rings. The van der Waals surface area contributed by atoms with Gasteiger partial charge in [0.1, 0.15) is 54.6 Å². The van der Waals surface area contributed by atoms with E-state index in [9.17, 15) is 68.4 Å². The number of rotatable bonds is 31. The van der Waals surface area contributed by atoms with Gasteiger partial charge in [0.05, 0.1) is 37.2 Å². The van der Waals surface area contributed by atoms with Crippen LogP contribution in [0, 0.1) is 0 Å². The zero-order chi connectivity index (χ0) is 67.2. The Hall–Kier alpha value is -9.07. The van der Waals surface area contributed by atoms with Gasteiger partial charge in [-0.2, -0.15) is 0 Å². The van der Waals surface area contributed by atoms with Gasteiger partial charge in [0.15, 0.2) is 6.10 Å². The average Bonchev–Trinajstić information content (AvgIpc) is 1.66. The summed E-state index contributed by atoms with van der Waals surface area (Å²) in [6.07, 6.45) is 0.713. The van der Waals surface area contributed by atoms with E-state index in [-0.39, 0.29) is 84.7 Å². The fraction of sp³-hybridized carbons (Fsp3) is 0.508. The molecule has 3 aliphatic heterocycles. The second kappa shape index (κ2) is 34.6. The number of amides is 8. The van der Waals surface area contributed by atoms with Gasteiger partial charge in [-0.1, -0.05) is 44.2 Å². The first kappa shape index (κ1) is 71.4. The number of hydroxylamine groups is 2. The number of ketones is 1. The Bertz CT molecular complexity index is 3190. The molecule has 0 bridgehead atoms. The smallest absolute Gasteiger partial charge is 0.411 e. The first-order valence-corrected chi connectivity index (χ1v) is 30.8. The standard InChI is InChI=1S/C63H82N10O20/c1-5-71(30-31-90-73(42-16-9-8-10-17-42)51(78)18-11-6-7-12-26-65-52-44(36-88-37-46(52)74)68-40-23-27-64-28-24-40)58(83)39-14-13-15-41(33-39)69-62(87)89-35-38-19-20-47(91-60-55(81)53(79)54(80)56(92-60)59(84)85)43(32-38)70-48(75)25-29-66-57(82)45(72-49(76)21-22-50(72)77)34-67-61(86)93-63(2,3)4/h13-15,19-24,27-28,32-33,42,45,53-56,60,65,79-81H,5-12,16-18,25-26,29-31,34-37H2,1-4H3,(H,64,68)(H,66,82)(H,67,86)(H,69,87)(H,70,75)(H,84,85)/t45-,53-,54-,55+,56-,60+/m0/s1. The summed E-state index contributed by atoms with van der Waals surface area (Å²) >= 11 is 0. The molecule has 6 atom stereocenters. The number of aliphatic hydroxyl groups excluding tert-OH is 3. The van der Waals surface area contributed by atoms with E-state index in [1.54, 1.807) is 69.3 Å². The van der Waals surface area contributed by atoms with Gasteiger partial charge in [0, 0.05) is 80.5 Å². The number of aliphatic carboxylic acids is 1. The van der Waals surface area contributed by atoms with Crippen molar-refractivity contribution < 1.29 is 96.9 Å². The van der Waals surface area contributed by atoms with Gasteiger partial charge in [-0.3, -0.25) is 53.6 Å². The van der Waals surface area contributed by atoms with Crippen molar-refractivity contribution in [1.82, 2.24) is 35.8 Å². The molecule has 30 heteroatoms. The maximum Gasteiger partial charge on any atom is 0.411 e. The van der Waals surface area contributed by atoms with Crippen LogP contribution in [0.2, 0.25) is 0 Å². The number of aliphatic hydroxyl groups is 3. The van der Waals surface area contributed by atoms with Gasteiger partial charge in [0.25, 0.3) is 17.7 Å². The number of ether oxygens (including phenoxy) is 5. The van der Waals surface area contributed by atoms with Crippen molar-refractivity contribution in [2.45, 2.75) is 153 Å². The van der Waals surface area contributed by atoms with Crippen LogP contribution in [0.1, 0.15) is 114 Å². The molecule has 1 aromatic heterocycles. The quantitative estimate of drug-likeness (QED) is 0.0251. The molecule has 1 saturated carbocycles. The lowest BCUT2D eigenvalue weighted by Crippen LogP contribution is -2.61. The van der Waals surface area contributed by atoms with Gasteiger partial charge in [0.2, 0.25) is 29.8 Å². The van der Waals surface area contributed by atoms with Gasteiger partial charge < -0.3 is 75.6 Å². The van der Waals surface area contributed by atoms with Crippen molar-refractivity contribution in [3.8, 4) is 5.75 Å². The van der Waals surface area contributed by atoms with Gasteiger partial charge in [-0.15, -0.1) is 0 Å². The number of anilines is 3. The number of carbonyl (C=O) groups excluding carboxylic acids is 9. The Balaban J connectivity index is 0.915. The summed E-state index contributed by atoms with van der Waals surface area (Å²) in [7, 11) is 0. The predicted octanol–water partition coefficient (Wildman–Crippen LogP) is 3.38. The zero-order valence-corrected chi connectivity index (χ0v) is 52.3. The SMILES string of the molecule is CCN(CCON(C(=O)CCCCCCNC1=C(Nc2ccncc2)COCC1=O)C1CCCCC1)C(=O)c1cccc(NC(=O)OCc2ccc(O[C@@H]3O[C@H](C(=O)O)[C@@H](O)[C@H](O)[C@H]3O)c(NC(=O)CCNC(=O)[C@H](CNC(=O)OC(C)(C)C)N3C(=O)C=CC3=O)c2)c1. The van der Waals surface area contributed by atoms with Crippen molar-refractivity contribution in [2.75, 3.05) is 68.5 Å². The Kier molecular flexibility index (Phi) is 26.5. The normalized spacial score (nSPS) is 19.5. The molecule has 504 valence electrons. The lowest BCUT2D eigenvalue weighted by Gasteiger charge is -2.38. The highest BCUT2D eigenvalue weighted by atomic mass is 16.7. The van der Waals surface area contributed by atoms with Crippen LogP contribution < -0.4 is 36.6 Å². The molecule has 7 rings (SSSR count). The minimum atomic E-state index is -2.05. The summed E-state index contributed by atoms with van der Waals surface area (Å²) in [5.41, 5.74) is 1.51. The summed E-state index contributed by atoms with van der Waals surface area (Å²) in [5, 5.41) is 59.0. The van der Waals surface area contributed by atoms with E-state index in [1.165, 1.54) is 35.4 Å². The van der Waals surface area contributed by atoms with Crippen molar-refractivity contribution in [3.05, 3.63) is 102 Å². The van der Waals surface area contributed by atoms with Crippen LogP contribution in [0.15, 0.2) is 90.5 Å². The van der Waals surface area contributed by atoms with E-state index < -0.39 is 110 Å². The minimum Gasteiger partial charge on any atom is -0.479 e. The first-order valence-electron chi connectivity index (χ1n) is 30.8. The summed E-state index contributed by atoms with van der Waals surface area (Å²) in [6, 6.07) is 12.0. The predicted molar refractivity (Wildman–Crippen MR) is 330 cm³/mol. The number of aromatic nitrogens is 1. The second-order valence-electron chi connectivity index (χ2n) is 23.3. The Morgan fingerprint density at radius 1 is 0.796 bits per heavy atom. The number of nitrogens with one attached hydrogen (secondary N) is 6. The van der Waals surface area contributed by atoms with Crippen LogP contribution in [-0.4, -0.2) is 201 Å². The number of carboxylic acid groups (broad SMARTS) is 1. The molecular weight excluding hydrogens is 1220 g/mol. The third-order valence-corrected chi connectivity index (χ3v) is 15.1. The topological polar surface area (TPSA) is 402 Å². The van der Waals surface area contributed by atoms with Crippen LogP contribution in [-0.2, 0) is 64.0 Å². The highest BCUT2D eigenvalue weighted by molar-refractivity contribution is 6.15. The molecule has 1 saturated heterocycles. The highest BCUT2D eigenvalue weighted by Gasteiger charge is 2.48. The number of likely N-dealkylation sites (N-methyl/N-ethyl adjacent to an activating group) is 1. The van der Waals surface area contributed by atoms with E-state index in [1.807, 2.05) is 0 Å². The molecule has 2 aromatic carbocycles. The largest absolute Gasteiger partial charge is 0.479 e. The van der Waals surface area contributed by atoms with Crippen LogP contribution in [0.4, 0.5) is 26.7 Å². The molecule has 4 heterocycles. The highest BCUT2D eigenvalue weighted by Crippen LogP contribution is 2.32. The van der Waals surface area contributed by atoms with E-state index >= 15 is 0 Å². The third kappa shape index (κ3) is 21.2. The molecule has 93 heavy (non-hydrogen) atoms. The molecule has 4 aliphatic rings. The number of imide groups is 1. The van der Waals surface area contributed by atoms with Gasteiger partial charge in [-0.05, 0) is 101 Å². The molecule has 0 radical (unpaired) electrons. The Labute approximate surface area is 536 Å². The number of pyridine rings is 1. The van der Waals surface area contributed by atoms with Gasteiger partial charge >= 0.3 is 18.2 Å². The number of hydrogen-bond donors (Lipinski definition) is 10. The van der Waals surface area contributed by atoms with Crippen LogP contribution in [0.25, 0.3) is 0 Å². The fourth-order valence-electron chi connectivity index (χ4n) is 10.4. The first-order chi connectivity index (χ1) is 44.5. The number of carboxylic acids is 1. The van der Waals surface area contributed by atoms with E-state index in [0.717, 1.165) is 69.2 Å². The van der Waals surface area contributed by atoms with E-state index in [0.29, 0.717) is 35.8 Å². The summed E-state index contributed by atoms with van der Waals surface area (Å²) < 4.78 is 27.2. The summed E-state index contributed by atoms with van der Waals surface area (Å²) in [6.45, 7) is 6.55. The number of nitrogens with zero attached hydrogens (tertiary/aromatic N) is 4. The Morgan fingerprint density at radius 3 is 2.24 bits per heavy atom. The van der Waals surface area contributed by atoms with Crippen molar-refractivity contribution in [2.24, 2.45) is 0 Å². The van der Waals surface area contributed by atoms with Crippen LogP contribution in [0.5, 0.6) is 5.75 Å². The lowest BCUT2D eigenvalue weighted by atomic mass is 9.95. The van der Waals surface area contributed by atoms with E-state index in [2.05, 4.69) is 36.9 Å². The molecule has 10 N–H and O–H groups in total. The molecule has 0 unspecified atom stereocenters. The third-order valence-electron chi connectivity index (χ3n) is 15.1. The summed E-state index contributed by atoms with van der Waals surface area (Å²) in [4.78, 5) is 143. The number of hydrogen-bond acceptors (Lipinski definition) is 22. The maximum absolute atomic E-state index is 13.9. The molecule has 30 nitrogen and oxygen atoms in total. The molecular formula is C63H82N10O20. The molecule has 0 spiro atoms. The van der Waals surface area contributed by atoms with Crippen LogP contribution >= 0.6 is 0 Å². The maximum atomic E-state index is 13.9. The van der Waals surface area contributed by atoms with Crippen molar-refractivity contribution >= 4 is 76.4 Å². The zero-order valence-electron chi connectivity index (χ0n) is 52.3. The van der Waals surface area contributed by atoms with Gasteiger partial charge in [-0.25, -0.2) is 19.4 Å². The number of carbonyl (C=O) groups is 10. The van der Waals surface area contributed by atoms with Crippen molar-refractivity contribution in [1.29, 1.82) is 0 Å². The average molecular weight is 1300 g/mol. The second-order valence-corrected chi connectivity index (χ2v) is 23.3. The molecule has 8 amide bonds. The summed E-state index contributed by atoms with van der Waals surface area (Å²) in [5.74, 6) is -5.96. The molecule has 3 aromatic rings. The molecule has 1 aliphatic carbocycles. The number of Topliss-reactive ketones (excluding diaryl/α,β-unsaturated/α-hetero) is 1. The number of benzene rings is 2. The van der Waals surface area contributed by atoms with E-state index in [4.69, 9.17) is 28.5 Å². The number of unbranched alkanes of at least 4 members (excludes halogenated alkanes) is 3. The Morgan fingerprint density at radius 2 is 1.53 bits per heavy atom.